The highest BCUT2D eigenvalue weighted by Crippen LogP contribution is 1.89. The van der Waals surface area contributed by atoms with Gasteiger partial charge in [0.1, 0.15) is 0 Å². The molecule has 0 fully saturated rings. The Bertz CT molecular complexity index is 175. The third-order valence-electron chi connectivity index (χ3n) is 0.677. The minimum Gasteiger partial charge on any atom is -0.478 e. The van der Waals surface area contributed by atoms with E-state index in [-0.39, 0.29) is 17.9 Å². The number of hydrogen-bond donors (Lipinski definition) is 4. The van der Waals surface area contributed by atoms with E-state index in [2.05, 4.69) is 0 Å². The fraction of sp³-hybridized carbons (Fsp3) is 0.200. The van der Waals surface area contributed by atoms with Crippen LogP contribution in [0, 0.1) is 0 Å². The molecule has 0 saturated carbocycles. The largest absolute Gasteiger partial charge is 0.478 e. The van der Waals surface area contributed by atoms with Gasteiger partial charge >= 0.3 is 11.9 Å². The molecule has 0 saturated heterocycles. The van der Waals surface area contributed by atoms with E-state index >= 15 is 0 Å². The van der Waals surface area contributed by atoms with Crippen molar-refractivity contribution >= 4 is 11.9 Å². The van der Waals surface area contributed by atoms with Crippen molar-refractivity contribution in [3.63, 3.8) is 0 Å². The van der Waals surface area contributed by atoms with Crippen LogP contribution in [0.25, 0.3) is 0 Å². The second-order valence-electron chi connectivity index (χ2n) is 1.47. The molecular weight excluding hydrogens is 152 g/mol. The van der Waals surface area contributed by atoms with Gasteiger partial charge in [0.2, 0.25) is 0 Å². The SMILES string of the molecule is C/C(=C\C(=O)O)C(=O)O.[NH4+].[NH4+]. The molecule has 0 aromatic heterocycles. The number of carboxylic acid groups (broad SMARTS) is 2. The Morgan fingerprint density at radius 3 is 1.64 bits per heavy atom. The summed E-state index contributed by atoms with van der Waals surface area (Å²) in [4.78, 5) is 19.7. The number of quaternary nitrogens is 2. The van der Waals surface area contributed by atoms with Gasteiger partial charge in [-0.2, -0.15) is 0 Å². The molecule has 0 radical (unpaired) electrons. The Morgan fingerprint density at radius 2 is 1.55 bits per heavy atom. The molecule has 6 heteroatoms. The summed E-state index contributed by atoms with van der Waals surface area (Å²) in [5.74, 6) is -2.45. The smallest absolute Gasteiger partial charge is 0.331 e. The Hall–Kier alpha value is -1.40. The average Bonchev–Trinajstić information content (AvgIpc) is 1.63. The molecule has 11 heavy (non-hydrogen) atoms. The van der Waals surface area contributed by atoms with Gasteiger partial charge in [-0.25, -0.2) is 9.59 Å². The van der Waals surface area contributed by atoms with E-state index in [1.165, 1.54) is 6.92 Å². The molecule has 0 aliphatic carbocycles. The van der Waals surface area contributed by atoms with Crippen LogP contribution in [0.5, 0.6) is 0 Å². The zero-order valence-corrected chi connectivity index (χ0v) is 6.79. The lowest BCUT2D eigenvalue weighted by atomic mass is 10.3. The van der Waals surface area contributed by atoms with Crippen LogP contribution in [0.15, 0.2) is 11.6 Å². The number of carbonyl (C=O) groups is 2. The standard InChI is InChI=1S/C5H6O4.2H3N/c1-3(5(8)9)2-4(6)7;;/h2H,1H3,(H,6,7)(H,8,9);2*1H3/p+2/b3-2+;;. The van der Waals surface area contributed by atoms with Gasteiger partial charge in [0, 0.05) is 11.6 Å². The Kier molecular flexibility index (Phi) is 9.95. The maximum Gasteiger partial charge on any atom is 0.331 e. The summed E-state index contributed by atoms with van der Waals surface area (Å²) in [6.07, 6.45) is 0.641. The molecule has 0 unspecified atom stereocenters. The first-order chi connectivity index (χ1) is 4.04. The van der Waals surface area contributed by atoms with Crippen molar-refractivity contribution in [1.29, 1.82) is 0 Å². The van der Waals surface area contributed by atoms with Crippen molar-refractivity contribution in [2.45, 2.75) is 6.92 Å². The lowest BCUT2D eigenvalue weighted by Crippen LogP contribution is -1.99. The molecule has 0 aromatic carbocycles. The van der Waals surface area contributed by atoms with E-state index in [0.717, 1.165) is 0 Å². The number of aliphatic carboxylic acids is 2. The van der Waals surface area contributed by atoms with Crippen LogP contribution < -0.4 is 12.3 Å². The lowest BCUT2D eigenvalue weighted by Gasteiger charge is -1.86. The maximum atomic E-state index is 9.90. The number of carboxylic acids is 2. The highest BCUT2D eigenvalue weighted by atomic mass is 16.4. The summed E-state index contributed by atoms with van der Waals surface area (Å²) in [5.41, 5.74) is -0.178. The number of hydrogen-bond acceptors (Lipinski definition) is 2. The molecule has 6 nitrogen and oxygen atoms in total. The first-order valence-electron chi connectivity index (χ1n) is 2.18. The van der Waals surface area contributed by atoms with Crippen LogP contribution in [0.4, 0.5) is 0 Å². The van der Waals surface area contributed by atoms with Crippen molar-refractivity contribution < 1.29 is 19.8 Å². The van der Waals surface area contributed by atoms with Gasteiger partial charge in [-0.05, 0) is 6.92 Å². The third-order valence-corrected chi connectivity index (χ3v) is 0.677. The molecule has 0 aliphatic rings. The first kappa shape index (κ1) is 16.3. The molecule has 0 aliphatic heterocycles. The molecule has 0 rings (SSSR count). The minimum atomic E-state index is -1.24. The summed E-state index contributed by atoms with van der Waals surface area (Å²) in [6, 6.07) is 0. The van der Waals surface area contributed by atoms with E-state index in [1.807, 2.05) is 0 Å². The van der Waals surface area contributed by atoms with E-state index < -0.39 is 11.9 Å². The maximum absolute atomic E-state index is 9.90. The summed E-state index contributed by atoms with van der Waals surface area (Å²) >= 11 is 0. The van der Waals surface area contributed by atoms with Crippen LogP contribution >= 0.6 is 0 Å². The average molecular weight is 166 g/mol. The van der Waals surface area contributed by atoms with E-state index in [9.17, 15) is 9.59 Å². The van der Waals surface area contributed by atoms with Crippen molar-refractivity contribution in [2.75, 3.05) is 0 Å². The molecular formula is C5H14N2O4+2. The van der Waals surface area contributed by atoms with Crippen LogP contribution in [0.1, 0.15) is 6.92 Å². The summed E-state index contributed by atoms with van der Waals surface area (Å²) < 4.78 is 0. The predicted octanol–water partition coefficient (Wildman–Crippen LogP) is 0.854. The van der Waals surface area contributed by atoms with Gasteiger partial charge in [0.25, 0.3) is 0 Å². The van der Waals surface area contributed by atoms with E-state index in [1.54, 1.807) is 0 Å². The molecule has 0 atom stereocenters. The highest BCUT2D eigenvalue weighted by molar-refractivity contribution is 5.93. The lowest BCUT2D eigenvalue weighted by molar-refractivity contribution is -0.135. The second kappa shape index (κ2) is 6.72. The predicted molar refractivity (Wildman–Crippen MR) is 41.0 cm³/mol. The Balaban J connectivity index is -0.000000320. The molecule has 0 bridgehead atoms. The summed E-state index contributed by atoms with van der Waals surface area (Å²) in [6.45, 7) is 1.22. The van der Waals surface area contributed by atoms with Gasteiger partial charge < -0.3 is 22.5 Å². The molecule has 10 N–H and O–H groups in total. The van der Waals surface area contributed by atoms with Gasteiger partial charge in [0.15, 0.2) is 0 Å². The highest BCUT2D eigenvalue weighted by Gasteiger charge is 2.00. The normalized spacial score (nSPS) is 9.00. The monoisotopic (exact) mass is 166 g/mol. The fourth-order valence-corrected chi connectivity index (χ4v) is 0.247. The molecule has 0 amide bonds. The van der Waals surface area contributed by atoms with Gasteiger partial charge in [-0.15, -0.1) is 0 Å². The van der Waals surface area contributed by atoms with Gasteiger partial charge in [-0.1, -0.05) is 0 Å². The fourth-order valence-electron chi connectivity index (χ4n) is 0.247. The van der Waals surface area contributed by atoms with Crippen LogP contribution in [0.2, 0.25) is 0 Å². The van der Waals surface area contributed by atoms with Crippen LogP contribution in [-0.4, -0.2) is 22.2 Å². The molecule has 0 aromatic rings. The van der Waals surface area contributed by atoms with Crippen LogP contribution in [0.3, 0.4) is 0 Å². The first-order valence-corrected chi connectivity index (χ1v) is 2.18. The third kappa shape index (κ3) is 8.60. The van der Waals surface area contributed by atoms with Gasteiger partial charge in [-0.3, -0.25) is 0 Å². The van der Waals surface area contributed by atoms with Crippen molar-refractivity contribution in [2.24, 2.45) is 0 Å². The number of rotatable bonds is 2. The Morgan fingerprint density at radius 1 is 1.18 bits per heavy atom. The van der Waals surface area contributed by atoms with E-state index in [4.69, 9.17) is 10.2 Å². The zero-order chi connectivity index (χ0) is 7.44. The quantitative estimate of drug-likeness (QED) is 0.450. The van der Waals surface area contributed by atoms with Crippen molar-refractivity contribution in [1.82, 2.24) is 12.3 Å². The molecule has 66 valence electrons. The van der Waals surface area contributed by atoms with Crippen LogP contribution in [-0.2, 0) is 9.59 Å². The molecule has 0 heterocycles. The topological polar surface area (TPSA) is 148 Å². The zero-order valence-electron chi connectivity index (χ0n) is 6.79. The van der Waals surface area contributed by atoms with E-state index in [0.29, 0.717) is 6.08 Å². The second-order valence-corrected chi connectivity index (χ2v) is 1.47. The summed E-state index contributed by atoms with van der Waals surface area (Å²) in [5, 5.41) is 16.1. The van der Waals surface area contributed by atoms with Crippen molar-refractivity contribution in [3.05, 3.63) is 11.6 Å². The minimum absolute atomic E-state index is 0. The molecule has 0 spiro atoms. The van der Waals surface area contributed by atoms with Gasteiger partial charge in [0.05, 0.1) is 0 Å². The Labute approximate surface area is 63.7 Å². The van der Waals surface area contributed by atoms with Crippen molar-refractivity contribution in [3.8, 4) is 0 Å². The summed E-state index contributed by atoms with van der Waals surface area (Å²) in [7, 11) is 0.